The van der Waals surface area contributed by atoms with E-state index in [1.54, 1.807) is 12.1 Å². The monoisotopic (exact) mass is 275 g/mol. The van der Waals surface area contributed by atoms with Crippen LogP contribution in [0.4, 0.5) is 4.39 Å². The van der Waals surface area contributed by atoms with Crippen molar-refractivity contribution in [2.24, 2.45) is 5.73 Å². The molecule has 0 aliphatic rings. The summed E-state index contributed by atoms with van der Waals surface area (Å²) < 4.78 is 14.0. The van der Waals surface area contributed by atoms with E-state index in [1.807, 2.05) is 0 Å². The van der Waals surface area contributed by atoms with Crippen LogP contribution in [0.1, 0.15) is 24.4 Å². The van der Waals surface area contributed by atoms with Crippen LogP contribution in [0.15, 0.2) is 22.7 Å². The van der Waals surface area contributed by atoms with Crippen molar-refractivity contribution in [1.29, 1.82) is 0 Å². The average Bonchev–Trinajstić information content (AvgIpc) is 2.14. The highest BCUT2D eigenvalue weighted by atomic mass is 79.9. The van der Waals surface area contributed by atoms with Gasteiger partial charge < -0.3 is 10.8 Å². The molecule has 5 heteroatoms. The zero-order valence-electron chi connectivity index (χ0n) is 7.91. The van der Waals surface area contributed by atoms with Crippen LogP contribution in [0.2, 0.25) is 0 Å². The fourth-order valence-electron chi connectivity index (χ4n) is 1.24. The van der Waals surface area contributed by atoms with E-state index in [0.29, 0.717) is 10.0 Å². The number of nitrogens with two attached hydrogens (primary N) is 1. The van der Waals surface area contributed by atoms with Gasteiger partial charge in [-0.15, -0.1) is 0 Å². The lowest BCUT2D eigenvalue weighted by Crippen LogP contribution is -2.13. The molecule has 0 radical (unpaired) electrons. The van der Waals surface area contributed by atoms with Gasteiger partial charge in [-0.3, -0.25) is 4.79 Å². The van der Waals surface area contributed by atoms with Gasteiger partial charge in [0.25, 0.3) is 0 Å². The Hall–Kier alpha value is -0.940. The van der Waals surface area contributed by atoms with Crippen LogP contribution in [-0.2, 0) is 4.79 Å². The highest BCUT2D eigenvalue weighted by Crippen LogP contribution is 2.22. The Morgan fingerprint density at radius 2 is 2.27 bits per heavy atom. The maximum atomic E-state index is 13.4. The quantitative estimate of drug-likeness (QED) is 0.887. The zero-order valence-corrected chi connectivity index (χ0v) is 9.50. The Morgan fingerprint density at radius 1 is 1.60 bits per heavy atom. The minimum atomic E-state index is -0.928. The van der Waals surface area contributed by atoms with Gasteiger partial charge in [0.15, 0.2) is 0 Å². The molecular formula is C10H11BrFNO2. The van der Waals surface area contributed by atoms with Crippen LogP contribution < -0.4 is 5.73 Å². The lowest BCUT2D eigenvalue weighted by molar-refractivity contribution is -0.137. The van der Waals surface area contributed by atoms with Gasteiger partial charge in [-0.25, -0.2) is 4.39 Å². The highest BCUT2D eigenvalue weighted by molar-refractivity contribution is 9.10. The van der Waals surface area contributed by atoms with E-state index in [1.165, 1.54) is 6.07 Å². The van der Waals surface area contributed by atoms with Gasteiger partial charge in [-0.2, -0.15) is 0 Å². The summed E-state index contributed by atoms with van der Waals surface area (Å²) in [6.07, 6.45) is 0.171. The molecule has 0 aliphatic heterocycles. The van der Waals surface area contributed by atoms with E-state index < -0.39 is 17.8 Å². The summed E-state index contributed by atoms with van der Waals surface area (Å²) in [5.41, 5.74) is 6.02. The van der Waals surface area contributed by atoms with Crippen LogP contribution in [0.3, 0.4) is 0 Å². The van der Waals surface area contributed by atoms with E-state index in [2.05, 4.69) is 15.9 Å². The first-order valence-corrected chi connectivity index (χ1v) is 5.22. The summed E-state index contributed by atoms with van der Waals surface area (Å²) in [5, 5.41) is 8.47. The van der Waals surface area contributed by atoms with E-state index in [0.717, 1.165) is 0 Å². The molecule has 0 aliphatic carbocycles. The highest BCUT2D eigenvalue weighted by Gasteiger charge is 2.12. The molecule has 1 unspecified atom stereocenters. The predicted octanol–water partition coefficient (Wildman–Crippen LogP) is 2.45. The number of hydrogen-bond donors (Lipinski definition) is 2. The van der Waals surface area contributed by atoms with Crippen molar-refractivity contribution < 1.29 is 14.3 Å². The van der Waals surface area contributed by atoms with Crippen molar-refractivity contribution in [2.75, 3.05) is 0 Å². The molecule has 1 aromatic carbocycles. The Morgan fingerprint density at radius 3 is 2.80 bits per heavy atom. The number of hydrogen-bond acceptors (Lipinski definition) is 2. The molecule has 1 atom stereocenters. The van der Waals surface area contributed by atoms with Gasteiger partial charge in [0.1, 0.15) is 5.82 Å². The summed E-state index contributed by atoms with van der Waals surface area (Å²) >= 11 is 3.13. The standard InChI is InChI=1S/C10H11BrFNO2/c11-6-1-2-7(8(12)5-6)9(13)3-4-10(14)15/h1-2,5,9H,3-4,13H2,(H,14,15). The van der Waals surface area contributed by atoms with Crippen molar-refractivity contribution in [3.8, 4) is 0 Å². The second kappa shape index (κ2) is 5.23. The summed E-state index contributed by atoms with van der Waals surface area (Å²) in [4.78, 5) is 10.3. The van der Waals surface area contributed by atoms with Crippen molar-refractivity contribution in [3.63, 3.8) is 0 Å². The molecule has 15 heavy (non-hydrogen) atoms. The van der Waals surface area contributed by atoms with E-state index in [-0.39, 0.29) is 12.8 Å². The Labute approximate surface area is 95.2 Å². The van der Waals surface area contributed by atoms with Gasteiger partial charge in [-0.1, -0.05) is 22.0 Å². The Balaban J connectivity index is 2.73. The zero-order chi connectivity index (χ0) is 11.4. The fraction of sp³-hybridized carbons (Fsp3) is 0.300. The molecule has 0 heterocycles. The van der Waals surface area contributed by atoms with Gasteiger partial charge in [0.05, 0.1) is 0 Å². The molecule has 0 saturated carbocycles. The molecule has 0 amide bonds. The van der Waals surface area contributed by atoms with Crippen LogP contribution in [0.25, 0.3) is 0 Å². The van der Waals surface area contributed by atoms with E-state index >= 15 is 0 Å². The molecule has 1 rings (SSSR count). The number of rotatable bonds is 4. The third-order valence-corrected chi connectivity index (χ3v) is 2.52. The predicted molar refractivity (Wildman–Crippen MR) is 57.9 cm³/mol. The van der Waals surface area contributed by atoms with E-state index in [9.17, 15) is 9.18 Å². The van der Waals surface area contributed by atoms with Crippen molar-refractivity contribution >= 4 is 21.9 Å². The van der Waals surface area contributed by atoms with Gasteiger partial charge in [0.2, 0.25) is 0 Å². The SMILES string of the molecule is NC(CCC(=O)O)c1ccc(Br)cc1F. The first-order chi connectivity index (χ1) is 7.00. The minimum Gasteiger partial charge on any atom is -0.481 e. The second-order valence-electron chi connectivity index (χ2n) is 3.20. The van der Waals surface area contributed by atoms with Crippen LogP contribution in [0.5, 0.6) is 0 Å². The van der Waals surface area contributed by atoms with Gasteiger partial charge in [0, 0.05) is 22.5 Å². The fourth-order valence-corrected chi connectivity index (χ4v) is 1.57. The normalized spacial score (nSPS) is 12.5. The third kappa shape index (κ3) is 3.60. The summed E-state index contributed by atoms with van der Waals surface area (Å²) in [5.74, 6) is -1.34. The summed E-state index contributed by atoms with van der Waals surface area (Å²) in [7, 11) is 0. The average molecular weight is 276 g/mol. The number of carboxylic acid groups (broad SMARTS) is 1. The van der Waals surface area contributed by atoms with Crippen LogP contribution in [0, 0.1) is 5.82 Å². The molecule has 1 aromatic rings. The number of benzene rings is 1. The number of aliphatic carboxylic acids is 1. The first-order valence-electron chi connectivity index (χ1n) is 4.43. The van der Waals surface area contributed by atoms with Crippen LogP contribution in [-0.4, -0.2) is 11.1 Å². The van der Waals surface area contributed by atoms with Crippen molar-refractivity contribution in [2.45, 2.75) is 18.9 Å². The minimum absolute atomic E-state index is 0.0589. The maximum absolute atomic E-state index is 13.4. The molecule has 0 bridgehead atoms. The Kier molecular flexibility index (Phi) is 4.23. The Bertz CT molecular complexity index is 370. The topological polar surface area (TPSA) is 63.3 Å². The molecule has 3 N–H and O–H groups in total. The number of carboxylic acids is 1. The largest absolute Gasteiger partial charge is 0.481 e. The number of halogens is 2. The molecule has 0 spiro atoms. The molecular weight excluding hydrogens is 265 g/mol. The lowest BCUT2D eigenvalue weighted by Gasteiger charge is -2.11. The van der Waals surface area contributed by atoms with Crippen molar-refractivity contribution in [1.82, 2.24) is 0 Å². The maximum Gasteiger partial charge on any atom is 0.303 e. The second-order valence-corrected chi connectivity index (χ2v) is 4.12. The van der Waals surface area contributed by atoms with Gasteiger partial charge >= 0.3 is 5.97 Å². The smallest absolute Gasteiger partial charge is 0.303 e. The molecule has 0 aromatic heterocycles. The van der Waals surface area contributed by atoms with E-state index in [4.69, 9.17) is 10.8 Å². The lowest BCUT2D eigenvalue weighted by atomic mass is 10.0. The van der Waals surface area contributed by atoms with Crippen LogP contribution >= 0.6 is 15.9 Å². The first kappa shape index (κ1) is 12.1. The van der Waals surface area contributed by atoms with Crippen molar-refractivity contribution in [3.05, 3.63) is 34.1 Å². The molecule has 0 saturated heterocycles. The molecule has 82 valence electrons. The molecule has 3 nitrogen and oxygen atoms in total. The number of carbonyl (C=O) groups is 1. The third-order valence-electron chi connectivity index (χ3n) is 2.03. The van der Waals surface area contributed by atoms with Gasteiger partial charge in [-0.05, 0) is 18.6 Å². The summed E-state index contributed by atoms with van der Waals surface area (Å²) in [6.45, 7) is 0. The molecule has 0 fully saturated rings. The summed E-state index contributed by atoms with van der Waals surface area (Å²) in [6, 6.07) is 3.98.